The summed E-state index contributed by atoms with van der Waals surface area (Å²) in [5.41, 5.74) is 0.321. The van der Waals surface area contributed by atoms with Crippen molar-refractivity contribution in [3.8, 4) is 0 Å². The van der Waals surface area contributed by atoms with Crippen LogP contribution in [0.3, 0.4) is 0 Å². The Bertz CT molecular complexity index is 499. The van der Waals surface area contributed by atoms with Crippen molar-refractivity contribution in [3.05, 3.63) is 0 Å². The molecule has 0 amide bonds. The molecular formula is C20H41IN4O2S. The summed E-state index contributed by atoms with van der Waals surface area (Å²) in [6.07, 6.45) is 6.56. The first-order chi connectivity index (χ1) is 12.8. The Morgan fingerprint density at radius 2 is 1.79 bits per heavy atom. The van der Waals surface area contributed by atoms with Gasteiger partial charge in [-0.05, 0) is 33.6 Å². The first-order valence-electron chi connectivity index (χ1n) is 10.5. The lowest BCUT2D eigenvalue weighted by molar-refractivity contribution is 0.00820. The summed E-state index contributed by atoms with van der Waals surface area (Å²) in [7, 11) is 0.970. The van der Waals surface area contributed by atoms with E-state index in [1.54, 1.807) is 0 Å². The molecule has 1 aliphatic carbocycles. The van der Waals surface area contributed by atoms with Crippen molar-refractivity contribution in [1.29, 1.82) is 0 Å². The molecule has 1 heterocycles. The number of rotatable bonds is 7. The molecule has 1 unspecified atom stereocenters. The average Bonchev–Trinajstić information content (AvgIpc) is 2.65. The fourth-order valence-corrected chi connectivity index (χ4v) is 4.89. The summed E-state index contributed by atoms with van der Waals surface area (Å²) in [6, 6.07) is 0. The molecule has 8 heteroatoms. The molecule has 6 nitrogen and oxygen atoms in total. The molecular weight excluding hydrogens is 487 g/mol. The van der Waals surface area contributed by atoms with Crippen molar-refractivity contribution in [1.82, 2.24) is 15.5 Å². The highest BCUT2D eigenvalue weighted by Gasteiger charge is 2.34. The maximum atomic E-state index is 12.2. The molecule has 2 rings (SSSR count). The first-order valence-corrected chi connectivity index (χ1v) is 11.8. The van der Waals surface area contributed by atoms with E-state index in [0.29, 0.717) is 17.7 Å². The molecule has 0 bridgehead atoms. The predicted molar refractivity (Wildman–Crippen MR) is 130 cm³/mol. The number of guanidine groups is 1. The highest BCUT2D eigenvalue weighted by molar-refractivity contribution is 14.0. The monoisotopic (exact) mass is 528 g/mol. The first kappa shape index (κ1) is 26.1. The van der Waals surface area contributed by atoms with Crippen molar-refractivity contribution in [3.63, 3.8) is 0 Å². The van der Waals surface area contributed by atoms with Crippen LogP contribution in [0.4, 0.5) is 0 Å². The fraction of sp³-hybridized carbons (Fsp3) is 0.950. The van der Waals surface area contributed by atoms with Crippen molar-refractivity contribution in [2.75, 3.05) is 58.7 Å². The zero-order valence-electron chi connectivity index (χ0n) is 18.2. The summed E-state index contributed by atoms with van der Waals surface area (Å²) in [4.78, 5) is 6.94. The number of nitrogens with one attached hydrogen (secondary N) is 2. The molecule has 2 aliphatic rings. The van der Waals surface area contributed by atoms with E-state index in [1.165, 1.54) is 32.1 Å². The normalized spacial score (nSPS) is 22.2. The molecule has 28 heavy (non-hydrogen) atoms. The topological polar surface area (TPSA) is 66.0 Å². The van der Waals surface area contributed by atoms with E-state index >= 15 is 0 Å². The molecule has 1 saturated heterocycles. The van der Waals surface area contributed by atoms with E-state index in [4.69, 9.17) is 4.74 Å². The van der Waals surface area contributed by atoms with Gasteiger partial charge in [0.2, 0.25) is 0 Å². The molecule has 0 aromatic rings. The molecule has 1 atom stereocenters. The molecule has 0 aromatic carbocycles. The van der Waals surface area contributed by atoms with Crippen molar-refractivity contribution < 1.29 is 8.95 Å². The van der Waals surface area contributed by atoms with Crippen molar-refractivity contribution >= 4 is 40.7 Å². The fourth-order valence-electron chi connectivity index (χ4n) is 3.99. The van der Waals surface area contributed by atoms with Crippen LogP contribution in [0.1, 0.15) is 52.9 Å². The Balaban J connectivity index is 0.00000392. The summed E-state index contributed by atoms with van der Waals surface area (Å²) in [6.45, 7) is 12.7. The Labute approximate surface area is 191 Å². The lowest BCUT2D eigenvalue weighted by Crippen LogP contribution is -2.51. The summed E-state index contributed by atoms with van der Waals surface area (Å²) in [5, 5.41) is 6.91. The summed E-state index contributed by atoms with van der Waals surface area (Å²) in [5.74, 6) is 1.47. The van der Waals surface area contributed by atoms with Crippen LogP contribution in [0.2, 0.25) is 0 Å². The van der Waals surface area contributed by atoms with Gasteiger partial charge in [0.05, 0.1) is 13.2 Å². The number of ether oxygens (including phenoxy) is 1. The van der Waals surface area contributed by atoms with Crippen LogP contribution in [0.25, 0.3) is 0 Å². The number of hydrogen-bond acceptors (Lipinski definition) is 4. The van der Waals surface area contributed by atoms with Crippen LogP contribution < -0.4 is 10.6 Å². The minimum atomic E-state index is -0.841. The molecule has 166 valence electrons. The molecule has 1 aliphatic heterocycles. The standard InChI is InChI=1S/C20H40N4O2S.HI/c1-19(2,3)27(25)15-10-22-18(21-4)23-16-20(8-6-5-7-9-20)17-24-11-13-26-14-12-24;/h5-17H2,1-4H3,(H2,21,22,23);1H. The summed E-state index contributed by atoms with van der Waals surface area (Å²) >= 11 is 0. The van der Waals surface area contributed by atoms with E-state index in [0.717, 1.165) is 45.4 Å². The van der Waals surface area contributed by atoms with Crippen LogP contribution in [0, 0.1) is 5.41 Å². The molecule has 0 radical (unpaired) electrons. The van der Waals surface area contributed by atoms with Gasteiger partial charge in [0.15, 0.2) is 5.96 Å². The minimum Gasteiger partial charge on any atom is -0.379 e. The zero-order chi connectivity index (χ0) is 19.8. The quantitative estimate of drug-likeness (QED) is 0.302. The third-order valence-electron chi connectivity index (χ3n) is 5.69. The van der Waals surface area contributed by atoms with Gasteiger partial charge in [0, 0.05) is 66.5 Å². The second-order valence-electron chi connectivity index (χ2n) is 8.96. The van der Waals surface area contributed by atoms with E-state index < -0.39 is 10.8 Å². The van der Waals surface area contributed by atoms with Gasteiger partial charge < -0.3 is 15.4 Å². The average molecular weight is 529 g/mol. The predicted octanol–water partition coefficient (Wildman–Crippen LogP) is 2.60. The largest absolute Gasteiger partial charge is 0.379 e. The van der Waals surface area contributed by atoms with E-state index in [-0.39, 0.29) is 28.7 Å². The number of aliphatic imine (C=N–C) groups is 1. The summed E-state index contributed by atoms with van der Waals surface area (Å²) < 4.78 is 17.6. The molecule has 1 saturated carbocycles. The van der Waals surface area contributed by atoms with Gasteiger partial charge in [-0.2, -0.15) is 0 Å². The number of halogens is 1. The maximum absolute atomic E-state index is 12.2. The van der Waals surface area contributed by atoms with Crippen LogP contribution in [0.5, 0.6) is 0 Å². The van der Waals surface area contributed by atoms with Crippen LogP contribution in [0.15, 0.2) is 4.99 Å². The van der Waals surface area contributed by atoms with E-state index in [2.05, 4.69) is 20.5 Å². The Morgan fingerprint density at radius 1 is 1.14 bits per heavy atom. The lowest BCUT2D eigenvalue weighted by Gasteiger charge is -2.42. The number of nitrogens with zero attached hydrogens (tertiary/aromatic N) is 2. The smallest absolute Gasteiger partial charge is 0.191 e. The van der Waals surface area contributed by atoms with E-state index in [9.17, 15) is 4.21 Å². The maximum Gasteiger partial charge on any atom is 0.191 e. The highest BCUT2D eigenvalue weighted by Crippen LogP contribution is 2.36. The molecule has 0 aromatic heterocycles. The highest BCUT2D eigenvalue weighted by atomic mass is 127. The van der Waals surface area contributed by atoms with Gasteiger partial charge in [-0.1, -0.05) is 19.3 Å². The van der Waals surface area contributed by atoms with Crippen LogP contribution >= 0.6 is 24.0 Å². The van der Waals surface area contributed by atoms with Gasteiger partial charge in [0.1, 0.15) is 0 Å². The van der Waals surface area contributed by atoms with Gasteiger partial charge in [-0.15, -0.1) is 24.0 Å². The Hall–Kier alpha value is 0.0700. The van der Waals surface area contributed by atoms with Crippen LogP contribution in [-0.4, -0.2) is 78.6 Å². The molecule has 2 fully saturated rings. The van der Waals surface area contributed by atoms with Gasteiger partial charge >= 0.3 is 0 Å². The number of hydrogen-bond donors (Lipinski definition) is 2. The van der Waals surface area contributed by atoms with Crippen molar-refractivity contribution in [2.45, 2.75) is 57.6 Å². The SMILES string of the molecule is CN=C(NCCS(=O)C(C)(C)C)NCC1(CN2CCOCC2)CCCCC1.I. The zero-order valence-corrected chi connectivity index (χ0v) is 21.4. The molecule has 2 N–H and O–H groups in total. The van der Waals surface area contributed by atoms with Gasteiger partial charge in [0.25, 0.3) is 0 Å². The lowest BCUT2D eigenvalue weighted by atomic mass is 9.73. The minimum absolute atomic E-state index is 0. The second kappa shape index (κ2) is 12.7. The second-order valence-corrected chi connectivity index (χ2v) is 11.3. The van der Waals surface area contributed by atoms with Gasteiger partial charge in [-0.3, -0.25) is 14.1 Å². The van der Waals surface area contributed by atoms with Gasteiger partial charge in [-0.25, -0.2) is 0 Å². The third-order valence-corrected chi connectivity index (χ3v) is 7.64. The Morgan fingerprint density at radius 3 is 2.36 bits per heavy atom. The van der Waals surface area contributed by atoms with Crippen molar-refractivity contribution in [2.24, 2.45) is 10.4 Å². The number of morpholine rings is 1. The van der Waals surface area contributed by atoms with Crippen LogP contribution in [-0.2, 0) is 15.5 Å². The Kier molecular flexibility index (Phi) is 11.8. The third kappa shape index (κ3) is 8.83. The van der Waals surface area contributed by atoms with E-state index in [1.807, 2.05) is 27.8 Å². The molecule has 0 spiro atoms.